The van der Waals surface area contributed by atoms with Crippen LogP contribution in [0.4, 0.5) is 0 Å². The number of amides is 1. The van der Waals surface area contributed by atoms with E-state index in [4.69, 9.17) is 4.74 Å². The van der Waals surface area contributed by atoms with Crippen LogP contribution in [0.5, 0.6) is 5.75 Å². The summed E-state index contributed by atoms with van der Waals surface area (Å²) >= 11 is 0. The Morgan fingerprint density at radius 1 is 1.13 bits per heavy atom. The van der Waals surface area contributed by atoms with Crippen molar-refractivity contribution in [2.75, 3.05) is 20.2 Å². The van der Waals surface area contributed by atoms with Crippen molar-refractivity contribution in [1.82, 2.24) is 4.90 Å². The van der Waals surface area contributed by atoms with Crippen LogP contribution in [-0.2, 0) is 27.4 Å². The number of piperidine rings is 1. The van der Waals surface area contributed by atoms with E-state index in [1.165, 1.54) is 7.11 Å². The van der Waals surface area contributed by atoms with Gasteiger partial charge in [0.15, 0.2) is 11.4 Å². The van der Waals surface area contributed by atoms with Crippen LogP contribution in [0.2, 0.25) is 0 Å². The molecule has 1 fully saturated rings. The fourth-order valence-corrected chi connectivity index (χ4v) is 3.97. The number of likely N-dealkylation sites (tertiary alicyclic amines) is 1. The zero-order chi connectivity index (χ0) is 21.3. The zero-order valence-electron chi connectivity index (χ0n) is 16.7. The Kier molecular flexibility index (Phi) is 5.30. The Bertz CT molecular complexity index is 1010. The zero-order valence-corrected chi connectivity index (χ0v) is 16.7. The van der Waals surface area contributed by atoms with E-state index >= 15 is 0 Å². The Morgan fingerprint density at radius 3 is 2.60 bits per heavy atom. The molecule has 0 aromatic heterocycles. The first-order chi connectivity index (χ1) is 14.4. The number of fused-ring (bicyclic) bond motifs is 2. The molecule has 1 N–H and O–H groups in total. The summed E-state index contributed by atoms with van der Waals surface area (Å²) in [6.45, 7) is 0.861. The Hall–Kier alpha value is -3.19. The molecule has 2 aromatic rings. The van der Waals surface area contributed by atoms with Gasteiger partial charge in [-0.05, 0) is 17.7 Å². The standard InChI is InChI=1S/C23H23NO6/c1-29-22(27)23(28)8-10-24(11-9-23)20(25)13-15-6-7-19-18(12-15)21(26)17-5-3-2-4-16(17)14-30-19/h2-7,12,28H,8-11,13-14H2,1H3. The molecular formula is C23H23NO6. The van der Waals surface area contributed by atoms with Crippen molar-refractivity contribution < 1.29 is 29.0 Å². The quantitative estimate of drug-likeness (QED) is 0.778. The number of esters is 1. The number of hydrogen-bond acceptors (Lipinski definition) is 6. The highest BCUT2D eigenvalue weighted by Gasteiger charge is 2.41. The third kappa shape index (κ3) is 3.68. The van der Waals surface area contributed by atoms with Gasteiger partial charge in [-0.25, -0.2) is 4.79 Å². The van der Waals surface area contributed by atoms with Gasteiger partial charge in [0.1, 0.15) is 12.4 Å². The van der Waals surface area contributed by atoms with Gasteiger partial charge < -0.3 is 19.5 Å². The molecule has 4 rings (SSSR count). The molecule has 0 aliphatic carbocycles. The van der Waals surface area contributed by atoms with E-state index in [0.29, 0.717) is 29.0 Å². The van der Waals surface area contributed by atoms with Crippen molar-refractivity contribution in [2.24, 2.45) is 0 Å². The minimum atomic E-state index is -1.53. The Labute approximate surface area is 174 Å². The van der Waals surface area contributed by atoms with Crippen LogP contribution >= 0.6 is 0 Å². The predicted molar refractivity (Wildman–Crippen MR) is 107 cm³/mol. The first kappa shape index (κ1) is 20.1. The number of rotatable bonds is 3. The molecule has 0 radical (unpaired) electrons. The summed E-state index contributed by atoms with van der Waals surface area (Å²) in [5.74, 6) is -0.398. The number of ketones is 1. The second-order valence-electron chi connectivity index (χ2n) is 7.69. The van der Waals surface area contributed by atoms with Crippen molar-refractivity contribution in [3.63, 3.8) is 0 Å². The largest absolute Gasteiger partial charge is 0.488 e. The molecule has 30 heavy (non-hydrogen) atoms. The van der Waals surface area contributed by atoms with Crippen molar-refractivity contribution in [1.29, 1.82) is 0 Å². The molecule has 1 amide bonds. The summed E-state index contributed by atoms with van der Waals surface area (Å²) in [6, 6.07) is 12.6. The average molecular weight is 409 g/mol. The van der Waals surface area contributed by atoms with Crippen molar-refractivity contribution in [3.8, 4) is 5.75 Å². The van der Waals surface area contributed by atoms with Crippen LogP contribution in [0.1, 0.15) is 39.9 Å². The molecule has 2 aliphatic rings. The molecule has 7 nitrogen and oxygen atoms in total. The van der Waals surface area contributed by atoms with Crippen molar-refractivity contribution >= 4 is 17.7 Å². The summed E-state index contributed by atoms with van der Waals surface area (Å²) in [6.07, 6.45) is 0.399. The molecule has 0 bridgehead atoms. The molecule has 0 atom stereocenters. The van der Waals surface area contributed by atoms with Gasteiger partial charge in [0.2, 0.25) is 5.91 Å². The van der Waals surface area contributed by atoms with Gasteiger partial charge in [-0.1, -0.05) is 30.3 Å². The number of carbonyl (C=O) groups is 3. The number of carbonyl (C=O) groups excluding carboxylic acids is 3. The van der Waals surface area contributed by atoms with E-state index in [0.717, 1.165) is 5.56 Å². The van der Waals surface area contributed by atoms with Crippen LogP contribution in [0.3, 0.4) is 0 Å². The smallest absolute Gasteiger partial charge is 0.337 e. The molecule has 156 valence electrons. The van der Waals surface area contributed by atoms with E-state index in [1.54, 1.807) is 29.2 Å². The number of hydrogen-bond donors (Lipinski definition) is 1. The lowest BCUT2D eigenvalue weighted by Crippen LogP contribution is -2.51. The van der Waals surface area contributed by atoms with Gasteiger partial charge >= 0.3 is 5.97 Å². The molecular weight excluding hydrogens is 386 g/mol. The molecule has 0 saturated carbocycles. The summed E-state index contributed by atoms with van der Waals surface area (Å²) < 4.78 is 10.4. The maximum Gasteiger partial charge on any atom is 0.337 e. The van der Waals surface area contributed by atoms with Gasteiger partial charge in [-0.2, -0.15) is 0 Å². The third-order valence-corrected chi connectivity index (χ3v) is 5.80. The lowest BCUT2D eigenvalue weighted by molar-refractivity contribution is -0.168. The van der Waals surface area contributed by atoms with Crippen LogP contribution < -0.4 is 4.74 Å². The first-order valence-corrected chi connectivity index (χ1v) is 9.88. The topological polar surface area (TPSA) is 93.1 Å². The third-order valence-electron chi connectivity index (χ3n) is 5.80. The number of benzene rings is 2. The molecule has 0 unspecified atom stereocenters. The van der Waals surface area contributed by atoms with E-state index in [1.807, 2.05) is 18.2 Å². The Morgan fingerprint density at radius 2 is 1.87 bits per heavy atom. The number of ether oxygens (including phenoxy) is 2. The minimum absolute atomic E-state index is 0.117. The molecule has 2 aromatic carbocycles. The summed E-state index contributed by atoms with van der Waals surface area (Å²) in [4.78, 5) is 39.1. The van der Waals surface area contributed by atoms with Crippen LogP contribution in [0.15, 0.2) is 42.5 Å². The number of methoxy groups -OCH3 is 1. The van der Waals surface area contributed by atoms with Gasteiger partial charge in [-0.3, -0.25) is 9.59 Å². The van der Waals surface area contributed by atoms with Crippen molar-refractivity contribution in [2.45, 2.75) is 31.5 Å². The lowest BCUT2D eigenvalue weighted by atomic mass is 9.91. The fraction of sp³-hybridized carbons (Fsp3) is 0.348. The normalized spacial score (nSPS) is 17.3. The molecule has 7 heteroatoms. The van der Waals surface area contributed by atoms with Crippen LogP contribution in [0, 0.1) is 0 Å². The molecule has 1 saturated heterocycles. The highest BCUT2D eigenvalue weighted by Crippen LogP contribution is 2.30. The second kappa shape index (κ2) is 7.91. The van der Waals surface area contributed by atoms with Crippen molar-refractivity contribution in [3.05, 3.63) is 64.7 Å². The highest BCUT2D eigenvalue weighted by atomic mass is 16.5. The lowest BCUT2D eigenvalue weighted by Gasteiger charge is -2.36. The minimum Gasteiger partial charge on any atom is -0.488 e. The number of nitrogens with zero attached hydrogens (tertiary/aromatic N) is 1. The maximum absolute atomic E-state index is 13.0. The first-order valence-electron chi connectivity index (χ1n) is 9.88. The SMILES string of the molecule is COC(=O)C1(O)CCN(C(=O)Cc2ccc3c(c2)C(=O)c2ccccc2CO3)CC1. The molecule has 2 heterocycles. The maximum atomic E-state index is 13.0. The summed E-state index contributed by atoms with van der Waals surface area (Å²) in [5, 5.41) is 10.3. The molecule has 2 aliphatic heterocycles. The molecule has 0 spiro atoms. The van der Waals surface area contributed by atoms with E-state index < -0.39 is 11.6 Å². The van der Waals surface area contributed by atoms with Crippen LogP contribution in [-0.4, -0.2) is 53.5 Å². The second-order valence-corrected chi connectivity index (χ2v) is 7.69. The van der Waals surface area contributed by atoms with Crippen LogP contribution in [0.25, 0.3) is 0 Å². The van der Waals surface area contributed by atoms with Gasteiger partial charge in [0, 0.05) is 37.1 Å². The number of aliphatic hydroxyl groups is 1. The van der Waals surface area contributed by atoms with E-state index in [-0.39, 0.29) is 44.0 Å². The van der Waals surface area contributed by atoms with E-state index in [2.05, 4.69) is 4.74 Å². The van der Waals surface area contributed by atoms with Gasteiger partial charge in [0.25, 0.3) is 0 Å². The van der Waals surface area contributed by atoms with E-state index in [9.17, 15) is 19.5 Å². The highest BCUT2D eigenvalue weighted by molar-refractivity contribution is 6.12. The fourth-order valence-electron chi connectivity index (χ4n) is 3.97. The summed E-state index contributed by atoms with van der Waals surface area (Å²) in [7, 11) is 1.24. The monoisotopic (exact) mass is 409 g/mol. The average Bonchev–Trinajstić information content (AvgIpc) is 2.90. The summed E-state index contributed by atoms with van der Waals surface area (Å²) in [5.41, 5.74) is 1.07. The Balaban J connectivity index is 1.48. The van der Waals surface area contributed by atoms with Gasteiger partial charge in [0.05, 0.1) is 19.1 Å². The predicted octanol–water partition coefficient (Wildman–Crippen LogP) is 1.88. The van der Waals surface area contributed by atoms with Gasteiger partial charge in [-0.15, -0.1) is 0 Å².